The SMILES string of the molecule is CC(C)CC(=O)Nc1cnn(CC(=O)O)n1. The summed E-state index contributed by atoms with van der Waals surface area (Å²) in [4.78, 5) is 22.7. The van der Waals surface area contributed by atoms with Crippen molar-refractivity contribution in [2.45, 2.75) is 26.8 Å². The van der Waals surface area contributed by atoms with E-state index in [1.165, 1.54) is 6.20 Å². The highest BCUT2D eigenvalue weighted by molar-refractivity contribution is 5.89. The van der Waals surface area contributed by atoms with E-state index in [1.54, 1.807) is 0 Å². The first kappa shape index (κ1) is 12.2. The second-order valence-corrected chi connectivity index (χ2v) is 3.80. The van der Waals surface area contributed by atoms with E-state index >= 15 is 0 Å². The summed E-state index contributed by atoms with van der Waals surface area (Å²) in [5.74, 6) is -0.658. The molecule has 1 rings (SSSR count). The monoisotopic (exact) mass is 226 g/mol. The summed E-state index contributed by atoms with van der Waals surface area (Å²) in [5, 5.41) is 18.5. The molecule has 1 aromatic heterocycles. The molecule has 0 unspecified atom stereocenters. The van der Waals surface area contributed by atoms with Gasteiger partial charge in [0, 0.05) is 6.42 Å². The molecule has 0 atom stereocenters. The molecule has 1 heterocycles. The zero-order valence-corrected chi connectivity index (χ0v) is 9.17. The van der Waals surface area contributed by atoms with Gasteiger partial charge in [-0.25, -0.2) is 0 Å². The van der Waals surface area contributed by atoms with Crippen molar-refractivity contribution in [3.8, 4) is 0 Å². The quantitative estimate of drug-likeness (QED) is 0.754. The molecule has 0 radical (unpaired) electrons. The van der Waals surface area contributed by atoms with E-state index in [1.807, 2.05) is 13.8 Å². The number of carboxylic acids is 1. The molecule has 88 valence electrons. The number of carboxylic acid groups (broad SMARTS) is 1. The Kier molecular flexibility index (Phi) is 3.98. The average molecular weight is 226 g/mol. The van der Waals surface area contributed by atoms with Crippen LogP contribution < -0.4 is 5.32 Å². The van der Waals surface area contributed by atoms with Gasteiger partial charge in [-0.2, -0.15) is 9.90 Å². The standard InChI is InChI=1S/C9H14N4O3/c1-6(2)3-8(14)11-7-4-10-13(12-7)5-9(15)16/h4,6H,3,5H2,1-2H3,(H,15,16)(H,11,12,14). The highest BCUT2D eigenvalue weighted by Crippen LogP contribution is 2.04. The number of hydrogen-bond acceptors (Lipinski definition) is 4. The Balaban J connectivity index is 2.51. The lowest BCUT2D eigenvalue weighted by Gasteiger charge is -2.03. The van der Waals surface area contributed by atoms with Crippen LogP contribution in [0.2, 0.25) is 0 Å². The summed E-state index contributed by atoms with van der Waals surface area (Å²) < 4.78 is 0. The number of carbonyl (C=O) groups excluding carboxylic acids is 1. The number of aromatic nitrogens is 3. The lowest BCUT2D eigenvalue weighted by atomic mass is 10.1. The largest absolute Gasteiger partial charge is 0.480 e. The minimum absolute atomic E-state index is 0.155. The summed E-state index contributed by atoms with van der Waals surface area (Å²) >= 11 is 0. The number of anilines is 1. The van der Waals surface area contributed by atoms with E-state index in [-0.39, 0.29) is 24.2 Å². The Bertz CT molecular complexity index is 386. The molecule has 0 saturated carbocycles. The van der Waals surface area contributed by atoms with Crippen LogP contribution in [0.5, 0.6) is 0 Å². The average Bonchev–Trinajstić information content (AvgIpc) is 2.49. The third-order valence-corrected chi connectivity index (χ3v) is 1.67. The van der Waals surface area contributed by atoms with E-state index in [9.17, 15) is 9.59 Å². The van der Waals surface area contributed by atoms with Crippen LogP contribution in [-0.4, -0.2) is 32.0 Å². The van der Waals surface area contributed by atoms with Crippen LogP contribution >= 0.6 is 0 Å². The number of hydrogen-bond donors (Lipinski definition) is 2. The maximum atomic E-state index is 11.3. The molecule has 0 aromatic carbocycles. The number of amides is 1. The van der Waals surface area contributed by atoms with Crippen molar-refractivity contribution in [1.29, 1.82) is 0 Å². The highest BCUT2D eigenvalue weighted by Gasteiger charge is 2.08. The zero-order chi connectivity index (χ0) is 12.1. The van der Waals surface area contributed by atoms with Gasteiger partial charge in [0.05, 0.1) is 6.20 Å². The van der Waals surface area contributed by atoms with Gasteiger partial charge in [0.15, 0.2) is 12.4 Å². The Morgan fingerprint density at radius 2 is 2.25 bits per heavy atom. The molecule has 0 fully saturated rings. The summed E-state index contributed by atoms with van der Waals surface area (Å²) in [5.41, 5.74) is 0. The number of carbonyl (C=O) groups is 2. The van der Waals surface area contributed by atoms with Gasteiger partial charge in [0.1, 0.15) is 0 Å². The van der Waals surface area contributed by atoms with Crippen LogP contribution in [0, 0.1) is 5.92 Å². The Morgan fingerprint density at radius 1 is 1.56 bits per heavy atom. The number of rotatable bonds is 5. The van der Waals surface area contributed by atoms with Crippen molar-refractivity contribution in [2.75, 3.05) is 5.32 Å². The molecule has 16 heavy (non-hydrogen) atoms. The first-order valence-corrected chi connectivity index (χ1v) is 4.89. The highest BCUT2D eigenvalue weighted by atomic mass is 16.4. The number of aliphatic carboxylic acids is 1. The normalized spacial score (nSPS) is 10.4. The molecular formula is C9H14N4O3. The fraction of sp³-hybridized carbons (Fsp3) is 0.556. The Hall–Kier alpha value is -1.92. The molecule has 7 nitrogen and oxygen atoms in total. The van der Waals surface area contributed by atoms with Crippen molar-refractivity contribution in [1.82, 2.24) is 15.0 Å². The Labute approximate surface area is 92.4 Å². The number of nitrogens with one attached hydrogen (secondary N) is 1. The van der Waals surface area contributed by atoms with E-state index in [0.717, 1.165) is 4.80 Å². The fourth-order valence-electron chi connectivity index (χ4n) is 1.12. The molecule has 0 aliphatic rings. The molecule has 0 aliphatic carbocycles. The minimum Gasteiger partial charge on any atom is -0.480 e. The van der Waals surface area contributed by atoms with Crippen molar-refractivity contribution in [3.05, 3.63) is 6.20 Å². The van der Waals surface area contributed by atoms with Crippen LogP contribution in [0.25, 0.3) is 0 Å². The van der Waals surface area contributed by atoms with Crippen LogP contribution in [0.1, 0.15) is 20.3 Å². The molecule has 0 aliphatic heterocycles. The van der Waals surface area contributed by atoms with E-state index in [4.69, 9.17) is 5.11 Å². The molecule has 0 bridgehead atoms. The lowest BCUT2D eigenvalue weighted by molar-refractivity contribution is -0.138. The molecule has 2 N–H and O–H groups in total. The van der Waals surface area contributed by atoms with Gasteiger partial charge >= 0.3 is 5.97 Å². The lowest BCUT2D eigenvalue weighted by Crippen LogP contribution is -2.15. The van der Waals surface area contributed by atoms with E-state index in [2.05, 4.69) is 15.5 Å². The first-order valence-electron chi connectivity index (χ1n) is 4.89. The molecular weight excluding hydrogens is 212 g/mol. The smallest absolute Gasteiger partial charge is 0.327 e. The van der Waals surface area contributed by atoms with E-state index < -0.39 is 5.97 Å². The van der Waals surface area contributed by atoms with Crippen LogP contribution in [-0.2, 0) is 16.1 Å². The predicted octanol–water partition coefficient (Wildman–Crippen LogP) is 0.347. The van der Waals surface area contributed by atoms with Crippen LogP contribution in [0.4, 0.5) is 5.82 Å². The van der Waals surface area contributed by atoms with Crippen molar-refractivity contribution in [2.24, 2.45) is 5.92 Å². The third-order valence-electron chi connectivity index (χ3n) is 1.67. The summed E-state index contributed by atoms with van der Waals surface area (Å²) in [6, 6.07) is 0. The summed E-state index contributed by atoms with van der Waals surface area (Å²) in [7, 11) is 0. The summed E-state index contributed by atoms with van der Waals surface area (Å²) in [6.07, 6.45) is 1.72. The maximum Gasteiger partial charge on any atom is 0.327 e. The van der Waals surface area contributed by atoms with Gasteiger partial charge in [-0.1, -0.05) is 13.8 Å². The van der Waals surface area contributed by atoms with Gasteiger partial charge in [0.25, 0.3) is 0 Å². The fourth-order valence-corrected chi connectivity index (χ4v) is 1.12. The number of nitrogens with zero attached hydrogens (tertiary/aromatic N) is 3. The topological polar surface area (TPSA) is 97.1 Å². The maximum absolute atomic E-state index is 11.3. The Morgan fingerprint density at radius 3 is 2.81 bits per heavy atom. The van der Waals surface area contributed by atoms with Gasteiger partial charge in [0.2, 0.25) is 5.91 Å². The van der Waals surface area contributed by atoms with Crippen molar-refractivity contribution in [3.63, 3.8) is 0 Å². The molecule has 1 aromatic rings. The first-order chi connectivity index (χ1) is 7.47. The van der Waals surface area contributed by atoms with Gasteiger partial charge in [-0.05, 0) is 5.92 Å². The molecule has 0 saturated heterocycles. The second-order valence-electron chi connectivity index (χ2n) is 3.80. The van der Waals surface area contributed by atoms with Gasteiger partial charge in [-0.3, -0.25) is 9.59 Å². The van der Waals surface area contributed by atoms with Crippen LogP contribution in [0.15, 0.2) is 6.20 Å². The van der Waals surface area contributed by atoms with E-state index in [0.29, 0.717) is 6.42 Å². The van der Waals surface area contributed by atoms with Crippen LogP contribution in [0.3, 0.4) is 0 Å². The molecule has 7 heteroatoms. The summed E-state index contributed by atoms with van der Waals surface area (Å²) in [6.45, 7) is 3.54. The van der Waals surface area contributed by atoms with Crippen molar-refractivity contribution < 1.29 is 14.7 Å². The second kappa shape index (κ2) is 5.24. The zero-order valence-electron chi connectivity index (χ0n) is 9.17. The molecule has 0 spiro atoms. The van der Waals surface area contributed by atoms with Gasteiger partial charge < -0.3 is 10.4 Å². The predicted molar refractivity (Wildman–Crippen MR) is 55.7 cm³/mol. The van der Waals surface area contributed by atoms with Gasteiger partial charge in [-0.15, -0.1) is 5.10 Å². The van der Waals surface area contributed by atoms with Crippen molar-refractivity contribution >= 4 is 17.7 Å². The third kappa shape index (κ3) is 4.07. The molecule has 1 amide bonds. The minimum atomic E-state index is -1.03.